The smallest absolute Gasteiger partial charge is 0.227 e. The van der Waals surface area contributed by atoms with Crippen molar-refractivity contribution in [2.75, 3.05) is 6.16 Å². The number of carbonyl (C=O) groups excluding carboxylic acids is 1. The second-order valence-corrected chi connectivity index (χ2v) is 1.78. The van der Waals surface area contributed by atoms with Crippen LogP contribution in [0, 0.1) is 0 Å². The Bertz CT molecular complexity index is 55.5. The number of hydrogen-bond acceptors (Lipinski definition) is 2. The van der Waals surface area contributed by atoms with Crippen LogP contribution < -0.4 is 0 Å². The molecule has 2 nitrogen and oxygen atoms in total. The van der Waals surface area contributed by atoms with E-state index >= 15 is 0 Å². The van der Waals surface area contributed by atoms with Gasteiger partial charge in [-0.2, -0.15) is 0 Å². The summed E-state index contributed by atoms with van der Waals surface area (Å²) in [7, 11) is -0.343. The predicted octanol–water partition coefficient (Wildman–Crippen LogP) is 0.338. The van der Waals surface area contributed by atoms with Crippen LogP contribution in [0.3, 0.4) is 0 Å². The van der Waals surface area contributed by atoms with Crippen molar-refractivity contribution in [2.45, 2.75) is 0 Å². The molecule has 0 spiro atoms. The van der Waals surface area contributed by atoms with E-state index in [1.54, 1.807) is 0 Å². The van der Waals surface area contributed by atoms with Crippen LogP contribution in [0.5, 0.6) is 0 Å². The van der Waals surface area contributed by atoms with Gasteiger partial charge in [-0.05, 0) is 11.6 Å². The molecule has 0 aliphatic carbocycles. The molecule has 0 radical (unpaired) electrons. The summed E-state index contributed by atoms with van der Waals surface area (Å²) < 4.78 is 0. The van der Waals surface area contributed by atoms with Crippen molar-refractivity contribution < 1.29 is 9.69 Å². The summed E-state index contributed by atoms with van der Waals surface area (Å²) in [6.07, 6.45) is 0.0849. The summed E-state index contributed by atoms with van der Waals surface area (Å²) in [6, 6.07) is 0. The molecule has 0 aromatic rings. The molecule has 0 heterocycles. The Hall–Kier alpha value is 0.350. The van der Waals surface area contributed by atoms with Crippen LogP contribution >= 0.6 is 20.4 Å². The van der Waals surface area contributed by atoms with E-state index in [1.165, 1.54) is 0 Å². The molecule has 0 saturated heterocycles. The maximum atomic E-state index is 9.66. The minimum Gasteiger partial charge on any atom is -0.377 e. The van der Waals surface area contributed by atoms with E-state index in [2.05, 4.69) is 0 Å². The van der Waals surface area contributed by atoms with Crippen LogP contribution in [-0.2, 0) is 4.79 Å². The second kappa shape index (κ2) is 3.54. The number of hydrogen-bond donors (Lipinski definition) is 1. The van der Waals surface area contributed by atoms with Crippen LogP contribution in [0.1, 0.15) is 0 Å². The number of carbonyl (C=O) groups is 1. The molecule has 0 aromatic carbocycles. The molecule has 6 heavy (non-hydrogen) atoms. The molecule has 0 saturated carbocycles. The van der Waals surface area contributed by atoms with Crippen LogP contribution in [0.25, 0.3) is 0 Å². The van der Waals surface area contributed by atoms with Gasteiger partial charge in [0.05, 0.1) is 6.16 Å². The molecule has 1 atom stereocenters. The second-order valence-electron chi connectivity index (χ2n) is 0.690. The lowest BCUT2D eigenvalue weighted by atomic mass is 10.9. The fraction of sp³-hybridized carbons (Fsp3) is 0.500. The average molecular weight is 126 g/mol. The summed E-state index contributed by atoms with van der Waals surface area (Å²) in [5.74, 6) is 0. The van der Waals surface area contributed by atoms with Gasteiger partial charge in [0.25, 0.3) is 0 Å². The van der Waals surface area contributed by atoms with Gasteiger partial charge in [-0.25, -0.2) is 0 Å². The highest BCUT2D eigenvalue weighted by Gasteiger charge is 1.88. The summed E-state index contributed by atoms with van der Waals surface area (Å²) in [6.45, 7) is 0. The van der Waals surface area contributed by atoms with Crippen LogP contribution in [0.15, 0.2) is 0 Å². The third-order valence-electron chi connectivity index (χ3n) is 0.218. The standard InChI is InChI=1S/C2H4ClO2P/c3-2(4)1-6-5/h5-6H,1H2. The van der Waals surface area contributed by atoms with Gasteiger partial charge in [-0.15, -0.1) is 0 Å². The normalized spacial score (nSPS) is 10.3. The highest BCUT2D eigenvalue weighted by atomic mass is 35.5. The van der Waals surface area contributed by atoms with Gasteiger partial charge >= 0.3 is 0 Å². The fourth-order valence-corrected chi connectivity index (χ4v) is 0.366. The fourth-order valence-electron chi connectivity index (χ4n) is 0.0622. The average Bonchev–Trinajstić information content (AvgIpc) is 1.35. The molecule has 0 aromatic heterocycles. The molecule has 0 bridgehead atoms. The molecule has 1 N–H and O–H groups in total. The zero-order valence-corrected chi connectivity index (χ0v) is 4.70. The zero-order chi connectivity index (χ0) is 4.99. The van der Waals surface area contributed by atoms with Gasteiger partial charge in [0, 0.05) is 8.81 Å². The SMILES string of the molecule is O=C(Cl)CPO. The predicted molar refractivity (Wildman–Crippen MR) is 26.3 cm³/mol. The molecule has 0 fully saturated rings. The lowest BCUT2D eigenvalue weighted by Gasteiger charge is -1.78. The molecule has 0 rings (SSSR count). The summed E-state index contributed by atoms with van der Waals surface area (Å²) in [4.78, 5) is 17.6. The summed E-state index contributed by atoms with van der Waals surface area (Å²) in [5, 5.41) is -0.476. The van der Waals surface area contributed by atoms with E-state index < -0.39 is 5.24 Å². The zero-order valence-electron chi connectivity index (χ0n) is 2.94. The van der Waals surface area contributed by atoms with Crippen LogP contribution in [0.2, 0.25) is 0 Å². The van der Waals surface area contributed by atoms with E-state index in [-0.39, 0.29) is 15.0 Å². The minimum absolute atomic E-state index is 0.0849. The third kappa shape index (κ3) is 4.35. The monoisotopic (exact) mass is 126 g/mol. The molecule has 4 heteroatoms. The van der Waals surface area contributed by atoms with Gasteiger partial charge in [0.1, 0.15) is 0 Å². The minimum atomic E-state index is -0.476. The summed E-state index contributed by atoms with van der Waals surface area (Å²) >= 11 is 4.79. The van der Waals surface area contributed by atoms with E-state index in [9.17, 15) is 4.79 Å². The van der Waals surface area contributed by atoms with Crippen LogP contribution in [0.4, 0.5) is 0 Å². The van der Waals surface area contributed by atoms with Gasteiger partial charge < -0.3 is 4.89 Å². The Morgan fingerprint density at radius 2 is 2.50 bits per heavy atom. The Morgan fingerprint density at radius 1 is 2.00 bits per heavy atom. The van der Waals surface area contributed by atoms with Crippen molar-refractivity contribution >= 4 is 25.7 Å². The largest absolute Gasteiger partial charge is 0.377 e. The molecule has 0 amide bonds. The van der Waals surface area contributed by atoms with E-state index in [4.69, 9.17) is 16.5 Å². The Balaban J connectivity index is 2.83. The van der Waals surface area contributed by atoms with Crippen molar-refractivity contribution in [3.63, 3.8) is 0 Å². The Morgan fingerprint density at radius 3 is 2.50 bits per heavy atom. The first-order valence-corrected chi connectivity index (χ1v) is 2.86. The quantitative estimate of drug-likeness (QED) is 0.428. The molecule has 0 aliphatic heterocycles. The first-order valence-electron chi connectivity index (χ1n) is 1.32. The van der Waals surface area contributed by atoms with Crippen LogP contribution in [-0.4, -0.2) is 16.3 Å². The molecule has 36 valence electrons. The van der Waals surface area contributed by atoms with E-state index in [0.717, 1.165) is 0 Å². The Labute approximate surface area is 42.4 Å². The van der Waals surface area contributed by atoms with Gasteiger partial charge in [-0.3, -0.25) is 4.79 Å². The lowest BCUT2D eigenvalue weighted by Crippen LogP contribution is -1.84. The highest BCUT2D eigenvalue weighted by Crippen LogP contribution is 2.00. The molecule has 1 unspecified atom stereocenters. The third-order valence-corrected chi connectivity index (χ3v) is 1.06. The van der Waals surface area contributed by atoms with Crippen molar-refractivity contribution in [1.82, 2.24) is 0 Å². The van der Waals surface area contributed by atoms with Crippen molar-refractivity contribution in [2.24, 2.45) is 0 Å². The maximum absolute atomic E-state index is 9.66. The van der Waals surface area contributed by atoms with E-state index in [0.29, 0.717) is 0 Å². The van der Waals surface area contributed by atoms with Crippen molar-refractivity contribution in [1.29, 1.82) is 0 Å². The first-order chi connectivity index (χ1) is 2.77. The molecule has 0 aliphatic rings. The molecular weight excluding hydrogens is 122 g/mol. The number of rotatable bonds is 2. The topological polar surface area (TPSA) is 37.3 Å². The summed E-state index contributed by atoms with van der Waals surface area (Å²) in [5.41, 5.74) is 0. The lowest BCUT2D eigenvalue weighted by molar-refractivity contribution is -0.109. The maximum Gasteiger partial charge on any atom is 0.227 e. The highest BCUT2D eigenvalue weighted by molar-refractivity contribution is 7.33. The van der Waals surface area contributed by atoms with Crippen molar-refractivity contribution in [3.8, 4) is 0 Å². The van der Waals surface area contributed by atoms with Crippen molar-refractivity contribution in [3.05, 3.63) is 0 Å². The van der Waals surface area contributed by atoms with Gasteiger partial charge in [-0.1, -0.05) is 0 Å². The van der Waals surface area contributed by atoms with E-state index in [1.807, 2.05) is 0 Å². The van der Waals surface area contributed by atoms with Gasteiger partial charge in [0.15, 0.2) is 0 Å². The Kier molecular flexibility index (Phi) is 3.74. The van der Waals surface area contributed by atoms with Gasteiger partial charge in [0.2, 0.25) is 5.24 Å². The first kappa shape index (κ1) is 6.35. The molecular formula is C2H4ClO2P. The number of halogens is 1.